The van der Waals surface area contributed by atoms with Crippen LogP contribution in [0.1, 0.15) is 34.7 Å². The van der Waals surface area contributed by atoms with Crippen LogP contribution in [-0.4, -0.2) is 24.0 Å². The van der Waals surface area contributed by atoms with Crippen LogP contribution >= 0.6 is 0 Å². The Hall–Kier alpha value is -1.62. The number of carbonyl (C=O) groups excluding carboxylic acids is 1. The molecule has 2 heterocycles. The normalized spacial score (nSPS) is 17.2. The largest absolute Gasteiger partial charge is 0.383 e. The first-order valence-electron chi connectivity index (χ1n) is 5.45. The Labute approximate surface area is 94.2 Å². The van der Waals surface area contributed by atoms with E-state index in [1.165, 1.54) is 0 Å². The molecule has 0 radical (unpaired) electrons. The zero-order valence-electron chi connectivity index (χ0n) is 9.07. The Bertz CT molecular complexity index is 399. The smallest absolute Gasteiger partial charge is 0.252 e. The Morgan fingerprint density at radius 2 is 2.12 bits per heavy atom. The van der Waals surface area contributed by atoms with Crippen LogP contribution in [0.3, 0.4) is 0 Å². The van der Waals surface area contributed by atoms with Gasteiger partial charge in [0.1, 0.15) is 5.82 Å². The summed E-state index contributed by atoms with van der Waals surface area (Å²) in [6.07, 6.45) is 3.65. The van der Waals surface area contributed by atoms with Crippen molar-refractivity contribution in [3.8, 4) is 0 Å². The summed E-state index contributed by atoms with van der Waals surface area (Å²) in [7, 11) is 0. The second-order valence-electron chi connectivity index (χ2n) is 4.05. The molecule has 0 bridgehead atoms. The molecule has 1 fully saturated rings. The van der Waals surface area contributed by atoms with E-state index >= 15 is 0 Å². The number of amides is 1. The van der Waals surface area contributed by atoms with Crippen LogP contribution in [0.2, 0.25) is 0 Å². The van der Waals surface area contributed by atoms with Crippen LogP contribution in [0.4, 0.5) is 5.82 Å². The van der Waals surface area contributed by atoms with Crippen LogP contribution in [0.25, 0.3) is 0 Å². The topological polar surface area (TPSA) is 94.0 Å². The van der Waals surface area contributed by atoms with Crippen LogP contribution in [-0.2, 0) is 0 Å². The highest BCUT2D eigenvalue weighted by molar-refractivity contribution is 5.98. The summed E-state index contributed by atoms with van der Waals surface area (Å²) >= 11 is 0. The van der Waals surface area contributed by atoms with Gasteiger partial charge in [-0.1, -0.05) is 0 Å². The average molecular weight is 220 g/mol. The average Bonchev–Trinajstić information content (AvgIpc) is 2.29. The van der Waals surface area contributed by atoms with Gasteiger partial charge >= 0.3 is 0 Å². The summed E-state index contributed by atoms with van der Waals surface area (Å²) in [5, 5.41) is 3.28. The molecule has 16 heavy (non-hydrogen) atoms. The number of nitrogens with zero attached hydrogens (tertiary/aromatic N) is 1. The van der Waals surface area contributed by atoms with Gasteiger partial charge in [-0.25, -0.2) is 4.98 Å². The monoisotopic (exact) mass is 220 g/mol. The highest BCUT2D eigenvalue weighted by atomic mass is 16.1. The molecule has 5 N–H and O–H groups in total. The maximum Gasteiger partial charge on any atom is 0.252 e. The fraction of sp³-hybridized carbons (Fsp3) is 0.455. The molecule has 0 aliphatic carbocycles. The van der Waals surface area contributed by atoms with Crippen LogP contribution in [0.15, 0.2) is 12.3 Å². The molecule has 5 nitrogen and oxygen atoms in total. The molecule has 1 saturated heterocycles. The van der Waals surface area contributed by atoms with Crippen molar-refractivity contribution in [3.05, 3.63) is 23.4 Å². The van der Waals surface area contributed by atoms with Gasteiger partial charge in [-0.3, -0.25) is 4.79 Å². The van der Waals surface area contributed by atoms with Gasteiger partial charge in [-0.15, -0.1) is 0 Å². The molecule has 86 valence electrons. The predicted molar refractivity (Wildman–Crippen MR) is 62.0 cm³/mol. The Morgan fingerprint density at radius 3 is 2.75 bits per heavy atom. The summed E-state index contributed by atoms with van der Waals surface area (Å²) in [6.45, 7) is 1.93. The lowest BCUT2D eigenvalue weighted by Crippen LogP contribution is -2.28. The molecule has 1 amide bonds. The van der Waals surface area contributed by atoms with E-state index < -0.39 is 5.91 Å². The third-order valence-electron chi connectivity index (χ3n) is 3.04. The zero-order valence-corrected chi connectivity index (χ0v) is 9.07. The fourth-order valence-corrected chi connectivity index (χ4v) is 2.24. The summed E-state index contributed by atoms with van der Waals surface area (Å²) in [4.78, 5) is 15.3. The first-order chi connectivity index (χ1) is 7.70. The van der Waals surface area contributed by atoms with E-state index in [9.17, 15) is 4.79 Å². The third kappa shape index (κ3) is 1.99. The summed E-state index contributed by atoms with van der Waals surface area (Å²) < 4.78 is 0. The molecule has 0 atom stereocenters. The minimum atomic E-state index is -0.487. The van der Waals surface area contributed by atoms with Gasteiger partial charge in [0.2, 0.25) is 0 Å². The molecule has 2 rings (SSSR count). The van der Waals surface area contributed by atoms with Crippen LogP contribution in [0, 0.1) is 0 Å². The van der Waals surface area contributed by atoms with E-state index in [0.717, 1.165) is 31.5 Å². The van der Waals surface area contributed by atoms with Gasteiger partial charge in [0.15, 0.2) is 0 Å². The maximum atomic E-state index is 11.4. The van der Waals surface area contributed by atoms with E-state index in [2.05, 4.69) is 10.3 Å². The van der Waals surface area contributed by atoms with Gasteiger partial charge < -0.3 is 16.8 Å². The number of anilines is 1. The minimum absolute atomic E-state index is 0.239. The van der Waals surface area contributed by atoms with E-state index in [1.54, 1.807) is 6.20 Å². The lowest BCUT2D eigenvalue weighted by atomic mass is 9.87. The van der Waals surface area contributed by atoms with Crippen molar-refractivity contribution in [1.82, 2.24) is 10.3 Å². The summed E-state index contributed by atoms with van der Waals surface area (Å²) in [6, 6.07) is 1.85. The van der Waals surface area contributed by atoms with E-state index in [1.807, 2.05) is 6.07 Å². The number of nitrogen functional groups attached to an aromatic ring is 1. The fourth-order valence-electron chi connectivity index (χ4n) is 2.24. The lowest BCUT2D eigenvalue weighted by molar-refractivity contribution is 0.0999. The minimum Gasteiger partial charge on any atom is -0.383 e. The van der Waals surface area contributed by atoms with Crippen molar-refractivity contribution >= 4 is 11.7 Å². The molecule has 0 spiro atoms. The number of hydrogen-bond acceptors (Lipinski definition) is 4. The van der Waals surface area contributed by atoms with Crippen molar-refractivity contribution in [1.29, 1.82) is 0 Å². The molecule has 0 aromatic carbocycles. The molecule has 1 aliphatic heterocycles. The summed E-state index contributed by atoms with van der Waals surface area (Å²) in [5.41, 5.74) is 12.4. The van der Waals surface area contributed by atoms with Gasteiger partial charge in [0.05, 0.1) is 5.56 Å². The second-order valence-corrected chi connectivity index (χ2v) is 4.05. The highest BCUT2D eigenvalue weighted by Crippen LogP contribution is 2.29. The third-order valence-corrected chi connectivity index (χ3v) is 3.04. The maximum absolute atomic E-state index is 11.4. The quantitative estimate of drug-likeness (QED) is 0.665. The Morgan fingerprint density at radius 1 is 1.44 bits per heavy atom. The number of piperidine rings is 1. The van der Waals surface area contributed by atoms with Crippen molar-refractivity contribution in [2.45, 2.75) is 18.8 Å². The molecule has 0 unspecified atom stereocenters. The Kier molecular flexibility index (Phi) is 3.05. The van der Waals surface area contributed by atoms with E-state index in [0.29, 0.717) is 11.5 Å². The first-order valence-corrected chi connectivity index (χ1v) is 5.45. The number of rotatable bonds is 2. The number of nitrogens with two attached hydrogens (primary N) is 2. The number of nitrogens with one attached hydrogen (secondary N) is 1. The molecule has 1 aromatic rings. The first kappa shape index (κ1) is 10.9. The van der Waals surface area contributed by atoms with Gasteiger partial charge in [-0.05, 0) is 43.5 Å². The highest BCUT2D eigenvalue weighted by Gasteiger charge is 2.22. The predicted octanol–water partition coefficient (Wildman–Crippen LogP) is 0.230. The Balaban J connectivity index is 2.38. The number of pyridine rings is 1. The van der Waals surface area contributed by atoms with Crippen molar-refractivity contribution < 1.29 is 4.79 Å². The molecule has 5 heteroatoms. The molecule has 1 aromatic heterocycles. The molecular formula is C11H16N4O. The SMILES string of the molecule is NC(=O)c1c(C2CCNCC2)ccnc1N. The zero-order chi connectivity index (χ0) is 11.5. The lowest BCUT2D eigenvalue weighted by Gasteiger charge is -2.24. The van der Waals surface area contributed by atoms with E-state index in [4.69, 9.17) is 11.5 Å². The number of hydrogen-bond donors (Lipinski definition) is 3. The second kappa shape index (κ2) is 4.49. The van der Waals surface area contributed by atoms with Crippen molar-refractivity contribution in [2.24, 2.45) is 5.73 Å². The van der Waals surface area contributed by atoms with Crippen molar-refractivity contribution in [2.75, 3.05) is 18.8 Å². The number of aromatic nitrogens is 1. The van der Waals surface area contributed by atoms with Gasteiger partial charge in [-0.2, -0.15) is 0 Å². The molecular weight excluding hydrogens is 204 g/mol. The van der Waals surface area contributed by atoms with Crippen molar-refractivity contribution in [3.63, 3.8) is 0 Å². The van der Waals surface area contributed by atoms with Gasteiger partial charge in [0, 0.05) is 6.20 Å². The number of primary amides is 1. The summed E-state index contributed by atoms with van der Waals surface area (Å²) in [5.74, 6) is 0.108. The molecule has 1 aliphatic rings. The standard InChI is InChI=1S/C11H16N4O/c12-10-9(11(13)16)8(3-6-15-10)7-1-4-14-5-2-7/h3,6-7,14H,1-2,4-5H2,(H2,12,15)(H2,13,16). The van der Waals surface area contributed by atoms with Crippen LogP contribution < -0.4 is 16.8 Å². The van der Waals surface area contributed by atoms with Crippen LogP contribution in [0.5, 0.6) is 0 Å². The number of carbonyl (C=O) groups is 1. The van der Waals surface area contributed by atoms with E-state index in [-0.39, 0.29) is 5.82 Å². The molecule has 0 saturated carbocycles. The van der Waals surface area contributed by atoms with Gasteiger partial charge in [0.25, 0.3) is 5.91 Å².